The van der Waals surface area contributed by atoms with Gasteiger partial charge in [-0.15, -0.1) is 11.3 Å². The molecule has 2 aromatic heterocycles. The molecule has 0 saturated heterocycles. The number of benzene rings is 3. The van der Waals surface area contributed by atoms with E-state index in [4.69, 9.17) is 11.6 Å². The van der Waals surface area contributed by atoms with Crippen molar-refractivity contribution < 1.29 is 4.79 Å². The maximum Gasteiger partial charge on any atom is 0.265 e. The predicted molar refractivity (Wildman–Crippen MR) is 133 cm³/mol. The minimum Gasteiger partial charge on any atom is -0.298 e. The maximum atomic E-state index is 13.0. The number of rotatable bonds is 4. The van der Waals surface area contributed by atoms with Gasteiger partial charge in [0.05, 0.1) is 22.3 Å². The van der Waals surface area contributed by atoms with E-state index in [1.165, 1.54) is 11.3 Å². The van der Waals surface area contributed by atoms with Gasteiger partial charge in [0.1, 0.15) is 5.82 Å². The monoisotopic (exact) mass is 472 g/mol. The molecule has 1 amide bonds. The molecule has 6 nitrogen and oxygen atoms in total. The summed E-state index contributed by atoms with van der Waals surface area (Å²) in [4.78, 5) is 34.7. The van der Waals surface area contributed by atoms with E-state index in [1.807, 2.05) is 41.8 Å². The van der Waals surface area contributed by atoms with Gasteiger partial charge >= 0.3 is 0 Å². The number of fused-ring (bicyclic) bond motifs is 1. The van der Waals surface area contributed by atoms with Gasteiger partial charge in [0.15, 0.2) is 5.13 Å². The third-order valence-electron chi connectivity index (χ3n) is 5.21. The minimum atomic E-state index is -0.290. The van der Waals surface area contributed by atoms with Gasteiger partial charge in [-0.3, -0.25) is 19.5 Å². The van der Waals surface area contributed by atoms with Crippen LogP contribution in [0.4, 0.5) is 5.13 Å². The van der Waals surface area contributed by atoms with Crippen molar-refractivity contribution in [2.24, 2.45) is 0 Å². The molecule has 0 radical (unpaired) electrons. The first kappa shape index (κ1) is 21.1. The van der Waals surface area contributed by atoms with Crippen molar-refractivity contribution in [2.45, 2.75) is 6.92 Å². The van der Waals surface area contributed by atoms with Crippen LogP contribution in [0.25, 0.3) is 27.8 Å². The standard InChI is InChI=1S/C25H17ClN4O2S/c1-15-27-21-9-5-3-7-19(21)24(32)30(15)17-12-10-16(11-13-17)23(31)29-25-28-22(14-33-25)18-6-2-4-8-20(18)26/h2-14H,1H3,(H,28,29,31). The number of nitrogens with one attached hydrogen (secondary N) is 1. The molecule has 5 rings (SSSR count). The first-order chi connectivity index (χ1) is 16.0. The fourth-order valence-corrected chi connectivity index (χ4v) is 4.54. The average Bonchev–Trinajstić information content (AvgIpc) is 3.28. The number of carbonyl (C=O) groups is 1. The highest BCUT2D eigenvalue weighted by Gasteiger charge is 2.13. The number of thiazole rings is 1. The Morgan fingerprint density at radius 1 is 0.970 bits per heavy atom. The van der Waals surface area contributed by atoms with Crippen molar-refractivity contribution in [2.75, 3.05) is 5.32 Å². The van der Waals surface area contributed by atoms with Gasteiger partial charge in [-0.1, -0.05) is 41.9 Å². The number of para-hydroxylation sites is 1. The van der Waals surface area contributed by atoms with Crippen molar-refractivity contribution in [3.8, 4) is 16.9 Å². The summed E-state index contributed by atoms with van der Waals surface area (Å²) in [5.74, 6) is 0.285. The molecular weight excluding hydrogens is 456 g/mol. The van der Waals surface area contributed by atoms with Gasteiger partial charge in [-0.2, -0.15) is 0 Å². The van der Waals surface area contributed by atoms with Crippen molar-refractivity contribution in [3.63, 3.8) is 0 Å². The molecule has 0 fully saturated rings. The van der Waals surface area contributed by atoms with Crippen LogP contribution in [0, 0.1) is 6.92 Å². The van der Waals surface area contributed by atoms with Crippen LogP contribution in [-0.4, -0.2) is 20.4 Å². The molecule has 0 bridgehead atoms. The van der Waals surface area contributed by atoms with Crippen LogP contribution in [0.5, 0.6) is 0 Å². The normalized spacial score (nSPS) is 11.0. The van der Waals surface area contributed by atoms with Gasteiger partial charge in [0, 0.05) is 21.5 Å². The minimum absolute atomic E-state index is 0.148. The van der Waals surface area contributed by atoms with Gasteiger partial charge < -0.3 is 0 Å². The van der Waals surface area contributed by atoms with E-state index in [2.05, 4.69) is 15.3 Å². The summed E-state index contributed by atoms with van der Waals surface area (Å²) in [6.45, 7) is 1.79. The highest BCUT2D eigenvalue weighted by molar-refractivity contribution is 7.14. The molecule has 0 atom stereocenters. The van der Waals surface area contributed by atoms with Crippen LogP contribution in [0.3, 0.4) is 0 Å². The summed E-state index contributed by atoms with van der Waals surface area (Å²) >= 11 is 7.56. The Balaban J connectivity index is 1.39. The second kappa shape index (κ2) is 8.61. The van der Waals surface area contributed by atoms with E-state index in [9.17, 15) is 9.59 Å². The van der Waals surface area contributed by atoms with E-state index in [1.54, 1.807) is 47.9 Å². The molecule has 0 aliphatic carbocycles. The van der Waals surface area contributed by atoms with E-state index in [-0.39, 0.29) is 11.5 Å². The second-order valence-corrected chi connectivity index (χ2v) is 8.60. The van der Waals surface area contributed by atoms with Crippen LogP contribution in [0.15, 0.2) is 83.0 Å². The number of aryl methyl sites for hydroxylation is 1. The lowest BCUT2D eigenvalue weighted by Crippen LogP contribution is -2.22. The predicted octanol–water partition coefficient (Wildman–Crippen LogP) is 5.72. The molecule has 0 saturated carbocycles. The Morgan fingerprint density at radius 2 is 1.70 bits per heavy atom. The fourth-order valence-electron chi connectivity index (χ4n) is 3.60. The lowest BCUT2D eigenvalue weighted by molar-refractivity contribution is 0.102. The topological polar surface area (TPSA) is 76.9 Å². The van der Waals surface area contributed by atoms with Gasteiger partial charge in [0.25, 0.3) is 11.5 Å². The molecule has 2 heterocycles. The Kier molecular flexibility index (Phi) is 5.50. The van der Waals surface area contributed by atoms with Crippen LogP contribution in [-0.2, 0) is 0 Å². The second-order valence-electron chi connectivity index (χ2n) is 7.34. The number of carbonyl (C=O) groups excluding carboxylic acids is 1. The molecule has 5 aromatic rings. The molecule has 0 aliphatic rings. The molecular formula is C25H17ClN4O2S. The highest BCUT2D eigenvalue weighted by atomic mass is 35.5. The number of amides is 1. The SMILES string of the molecule is Cc1nc2ccccc2c(=O)n1-c1ccc(C(=O)Nc2nc(-c3ccccc3Cl)cs2)cc1. The molecule has 0 unspecified atom stereocenters. The Morgan fingerprint density at radius 3 is 2.48 bits per heavy atom. The van der Waals surface area contributed by atoms with E-state index >= 15 is 0 Å². The molecule has 8 heteroatoms. The number of anilines is 1. The smallest absolute Gasteiger partial charge is 0.265 e. The van der Waals surface area contributed by atoms with Crippen LogP contribution < -0.4 is 10.9 Å². The summed E-state index contributed by atoms with van der Waals surface area (Å²) in [6.07, 6.45) is 0. The summed E-state index contributed by atoms with van der Waals surface area (Å²) in [6, 6.07) is 21.5. The summed E-state index contributed by atoms with van der Waals surface area (Å²) in [5, 5.41) is 6.29. The largest absolute Gasteiger partial charge is 0.298 e. The number of aromatic nitrogens is 3. The summed E-state index contributed by atoms with van der Waals surface area (Å²) < 4.78 is 1.54. The van der Waals surface area contributed by atoms with Crippen LogP contribution >= 0.6 is 22.9 Å². The van der Waals surface area contributed by atoms with Crippen molar-refractivity contribution >= 4 is 44.9 Å². The fraction of sp³-hybridized carbons (Fsp3) is 0.0400. The zero-order valence-electron chi connectivity index (χ0n) is 17.4. The Hall–Kier alpha value is -3.81. The molecule has 33 heavy (non-hydrogen) atoms. The first-order valence-corrected chi connectivity index (χ1v) is 11.4. The maximum absolute atomic E-state index is 13.0. The lowest BCUT2D eigenvalue weighted by Gasteiger charge is -2.11. The lowest BCUT2D eigenvalue weighted by atomic mass is 10.2. The molecule has 0 spiro atoms. The first-order valence-electron chi connectivity index (χ1n) is 10.1. The third kappa shape index (κ3) is 4.04. The Labute approximate surface area is 198 Å². The molecule has 162 valence electrons. The van der Waals surface area contributed by atoms with Gasteiger partial charge in [-0.05, 0) is 49.4 Å². The van der Waals surface area contributed by atoms with Crippen molar-refractivity contribution in [1.29, 1.82) is 0 Å². The number of hydrogen-bond acceptors (Lipinski definition) is 5. The van der Waals surface area contributed by atoms with Crippen molar-refractivity contribution in [1.82, 2.24) is 14.5 Å². The quantitative estimate of drug-likeness (QED) is 0.362. The zero-order chi connectivity index (χ0) is 22.9. The highest BCUT2D eigenvalue weighted by Crippen LogP contribution is 2.30. The Bertz CT molecular complexity index is 1560. The number of halogens is 1. The third-order valence-corrected chi connectivity index (χ3v) is 6.29. The van der Waals surface area contributed by atoms with Crippen LogP contribution in [0.1, 0.15) is 16.2 Å². The molecule has 3 aromatic carbocycles. The van der Waals surface area contributed by atoms with Crippen molar-refractivity contribution in [3.05, 3.63) is 105 Å². The summed E-state index contributed by atoms with van der Waals surface area (Å²) in [7, 11) is 0. The van der Waals surface area contributed by atoms with Crippen LogP contribution in [0.2, 0.25) is 5.02 Å². The van der Waals surface area contributed by atoms with Gasteiger partial charge in [0.2, 0.25) is 0 Å². The number of hydrogen-bond donors (Lipinski definition) is 1. The molecule has 0 aliphatic heterocycles. The van der Waals surface area contributed by atoms with E-state index < -0.39 is 0 Å². The van der Waals surface area contributed by atoms with E-state index in [0.29, 0.717) is 43.8 Å². The van der Waals surface area contributed by atoms with Gasteiger partial charge in [-0.25, -0.2) is 9.97 Å². The zero-order valence-corrected chi connectivity index (χ0v) is 19.0. The molecule has 1 N–H and O–H groups in total. The van der Waals surface area contributed by atoms with E-state index in [0.717, 1.165) is 5.56 Å². The average molecular weight is 473 g/mol. The summed E-state index contributed by atoms with van der Waals surface area (Å²) in [5.41, 5.74) is 3.12. The number of nitrogens with zero attached hydrogens (tertiary/aromatic N) is 3.